The largest absolute Gasteiger partial charge is 0.377 e. The van der Waals surface area contributed by atoms with Crippen molar-refractivity contribution in [2.45, 2.75) is 23.8 Å². The van der Waals surface area contributed by atoms with Gasteiger partial charge in [0.2, 0.25) is 10.0 Å². The molecule has 1 aromatic carbocycles. The van der Waals surface area contributed by atoms with Crippen molar-refractivity contribution in [1.29, 1.82) is 0 Å². The molecule has 1 saturated heterocycles. The first-order valence-corrected chi connectivity index (χ1v) is 8.21. The second kappa shape index (κ2) is 5.88. The second-order valence-corrected chi connectivity index (χ2v) is 7.09. The van der Waals surface area contributed by atoms with Crippen LogP contribution in [0.2, 0.25) is 5.02 Å². The van der Waals surface area contributed by atoms with E-state index in [1.807, 2.05) is 0 Å². The Morgan fingerprint density at radius 3 is 2.94 bits per heavy atom. The summed E-state index contributed by atoms with van der Waals surface area (Å²) in [7, 11) is -3.56. The van der Waals surface area contributed by atoms with Gasteiger partial charge in [-0.3, -0.25) is 0 Å². The molecule has 1 fully saturated rings. The fourth-order valence-corrected chi connectivity index (χ4v) is 4.06. The predicted octanol–water partition coefficient (Wildman–Crippen LogP) is 2.56. The van der Waals surface area contributed by atoms with Crippen LogP contribution in [0.1, 0.15) is 12.8 Å². The molecular weight excluding hydrogens is 342 g/mol. The highest BCUT2D eigenvalue weighted by Gasteiger charge is 2.22. The minimum Gasteiger partial charge on any atom is -0.377 e. The Kier molecular flexibility index (Phi) is 4.66. The molecule has 0 aliphatic carbocycles. The Hall–Kier alpha value is -0.140. The molecule has 0 bridgehead atoms. The first-order valence-electron chi connectivity index (χ1n) is 5.55. The molecule has 0 radical (unpaired) electrons. The van der Waals surface area contributed by atoms with Crippen LogP contribution >= 0.6 is 27.5 Å². The van der Waals surface area contributed by atoms with Crippen LogP contribution in [0.4, 0.5) is 0 Å². The molecule has 2 rings (SSSR count). The quantitative estimate of drug-likeness (QED) is 0.904. The topological polar surface area (TPSA) is 55.4 Å². The maximum atomic E-state index is 12.1. The molecular formula is C11H13BrClNO3S. The van der Waals surface area contributed by atoms with Gasteiger partial charge in [-0.05, 0) is 47.0 Å². The van der Waals surface area contributed by atoms with Gasteiger partial charge in [-0.25, -0.2) is 13.1 Å². The molecule has 0 aromatic heterocycles. The van der Waals surface area contributed by atoms with Crippen molar-refractivity contribution >= 4 is 37.6 Å². The molecule has 0 spiro atoms. The number of nitrogens with one attached hydrogen (secondary N) is 1. The van der Waals surface area contributed by atoms with Crippen molar-refractivity contribution in [2.24, 2.45) is 0 Å². The van der Waals surface area contributed by atoms with Gasteiger partial charge < -0.3 is 4.74 Å². The van der Waals surface area contributed by atoms with Crippen LogP contribution in [-0.4, -0.2) is 27.7 Å². The van der Waals surface area contributed by atoms with Gasteiger partial charge in [0.15, 0.2) is 0 Å². The molecule has 1 atom stereocenters. The van der Waals surface area contributed by atoms with Gasteiger partial charge in [-0.15, -0.1) is 0 Å². The highest BCUT2D eigenvalue weighted by Crippen LogP contribution is 2.25. The molecule has 18 heavy (non-hydrogen) atoms. The van der Waals surface area contributed by atoms with E-state index < -0.39 is 10.0 Å². The van der Waals surface area contributed by atoms with E-state index in [-0.39, 0.29) is 11.0 Å². The molecule has 0 amide bonds. The van der Waals surface area contributed by atoms with Gasteiger partial charge in [0.05, 0.1) is 11.0 Å². The van der Waals surface area contributed by atoms with Gasteiger partial charge in [0.1, 0.15) is 0 Å². The minimum absolute atomic E-state index is 0.0299. The number of halogens is 2. The van der Waals surface area contributed by atoms with Crippen LogP contribution in [0.25, 0.3) is 0 Å². The summed E-state index contributed by atoms with van der Waals surface area (Å²) in [4.78, 5) is 0.146. The molecule has 7 heteroatoms. The number of ether oxygens (including phenoxy) is 1. The third kappa shape index (κ3) is 3.45. The van der Waals surface area contributed by atoms with Crippen LogP contribution in [0.3, 0.4) is 0 Å². The number of rotatable bonds is 4. The number of benzene rings is 1. The van der Waals surface area contributed by atoms with E-state index in [9.17, 15) is 8.42 Å². The van der Waals surface area contributed by atoms with Gasteiger partial charge in [0.25, 0.3) is 0 Å². The third-order valence-electron chi connectivity index (χ3n) is 2.71. The Morgan fingerprint density at radius 1 is 1.50 bits per heavy atom. The lowest BCUT2D eigenvalue weighted by Crippen LogP contribution is -2.32. The zero-order valence-corrected chi connectivity index (χ0v) is 12.7. The predicted molar refractivity (Wildman–Crippen MR) is 73.3 cm³/mol. The van der Waals surface area contributed by atoms with Crippen LogP contribution in [0.15, 0.2) is 27.6 Å². The average Bonchev–Trinajstić information content (AvgIpc) is 2.83. The Bertz CT molecular complexity index is 529. The zero-order chi connectivity index (χ0) is 13.2. The van der Waals surface area contributed by atoms with E-state index in [1.165, 1.54) is 6.07 Å². The minimum atomic E-state index is -3.56. The summed E-state index contributed by atoms with van der Waals surface area (Å²) in [5.41, 5.74) is 0. The molecule has 1 aromatic rings. The van der Waals surface area contributed by atoms with Crippen molar-refractivity contribution in [3.05, 3.63) is 27.7 Å². The highest BCUT2D eigenvalue weighted by molar-refractivity contribution is 9.10. The van der Waals surface area contributed by atoms with Crippen LogP contribution < -0.4 is 4.72 Å². The maximum Gasteiger partial charge on any atom is 0.241 e. The highest BCUT2D eigenvalue weighted by atomic mass is 79.9. The Morgan fingerprint density at radius 2 is 2.28 bits per heavy atom. The summed E-state index contributed by atoms with van der Waals surface area (Å²) in [6, 6.07) is 4.66. The summed E-state index contributed by atoms with van der Waals surface area (Å²) in [5, 5.41) is 0.385. The van der Waals surface area contributed by atoms with E-state index in [0.717, 1.165) is 12.8 Å². The van der Waals surface area contributed by atoms with E-state index in [0.29, 0.717) is 22.6 Å². The van der Waals surface area contributed by atoms with E-state index in [4.69, 9.17) is 16.3 Å². The molecule has 1 N–H and O–H groups in total. The number of sulfonamides is 1. The van der Waals surface area contributed by atoms with Crippen molar-refractivity contribution in [3.8, 4) is 0 Å². The lowest BCUT2D eigenvalue weighted by Gasteiger charge is -2.12. The molecule has 1 aliphatic heterocycles. The zero-order valence-electron chi connectivity index (χ0n) is 9.53. The second-order valence-electron chi connectivity index (χ2n) is 4.06. The monoisotopic (exact) mass is 353 g/mol. The number of hydrogen-bond acceptors (Lipinski definition) is 3. The maximum absolute atomic E-state index is 12.1. The third-order valence-corrected chi connectivity index (χ3v) is 5.36. The summed E-state index contributed by atoms with van der Waals surface area (Å²) in [5.74, 6) is 0. The molecule has 0 unspecified atom stereocenters. The van der Waals surface area contributed by atoms with Crippen LogP contribution in [-0.2, 0) is 14.8 Å². The standard InChI is InChI=1S/C11H13BrClNO3S/c12-10-4-3-8(13)6-11(10)18(15,16)14-7-9-2-1-5-17-9/h3-4,6,9,14H,1-2,5,7H2/t9-/m1/s1. The summed E-state index contributed by atoms with van der Waals surface area (Å²) < 4.78 is 32.6. The van der Waals surface area contributed by atoms with E-state index >= 15 is 0 Å². The molecule has 1 aliphatic rings. The summed E-state index contributed by atoms with van der Waals surface area (Å²) >= 11 is 9.02. The Balaban J connectivity index is 2.12. The summed E-state index contributed by atoms with van der Waals surface area (Å²) in [6.45, 7) is 0.995. The fourth-order valence-electron chi connectivity index (χ4n) is 1.77. The van der Waals surface area contributed by atoms with Crippen LogP contribution in [0, 0.1) is 0 Å². The lowest BCUT2D eigenvalue weighted by molar-refractivity contribution is 0.114. The number of hydrogen-bond donors (Lipinski definition) is 1. The van der Waals surface area contributed by atoms with Crippen molar-refractivity contribution in [1.82, 2.24) is 4.72 Å². The molecule has 4 nitrogen and oxygen atoms in total. The Labute approximate surface area is 120 Å². The first-order chi connectivity index (χ1) is 8.49. The van der Waals surface area contributed by atoms with Crippen molar-refractivity contribution in [2.75, 3.05) is 13.2 Å². The van der Waals surface area contributed by atoms with Gasteiger partial charge in [0, 0.05) is 22.6 Å². The van der Waals surface area contributed by atoms with E-state index in [2.05, 4.69) is 20.7 Å². The van der Waals surface area contributed by atoms with Gasteiger partial charge in [-0.2, -0.15) is 0 Å². The summed E-state index contributed by atoms with van der Waals surface area (Å²) in [6.07, 6.45) is 1.84. The van der Waals surface area contributed by atoms with Crippen LogP contribution in [0.5, 0.6) is 0 Å². The lowest BCUT2D eigenvalue weighted by atomic mass is 10.2. The van der Waals surface area contributed by atoms with Crippen molar-refractivity contribution < 1.29 is 13.2 Å². The molecule has 100 valence electrons. The van der Waals surface area contributed by atoms with Gasteiger partial charge in [-0.1, -0.05) is 11.6 Å². The SMILES string of the molecule is O=S(=O)(NC[C@H]1CCCO1)c1cc(Cl)ccc1Br. The van der Waals surface area contributed by atoms with Gasteiger partial charge >= 0.3 is 0 Å². The normalized spacial score (nSPS) is 20.2. The first kappa shape index (κ1) is 14.3. The smallest absolute Gasteiger partial charge is 0.241 e. The molecule has 0 saturated carbocycles. The van der Waals surface area contributed by atoms with Crippen molar-refractivity contribution in [3.63, 3.8) is 0 Å². The fraction of sp³-hybridized carbons (Fsp3) is 0.455. The molecule has 1 heterocycles. The van der Waals surface area contributed by atoms with E-state index in [1.54, 1.807) is 12.1 Å². The average molecular weight is 355 g/mol.